The summed E-state index contributed by atoms with van der Waals surface area (Å²) in [5.41, 5.74) is 0.235. The van der Waals surface area contributed by atoms with Crippen molar-refractivity contribution in [1.82, 2.24) is 4.90 Å². The van der Waals surface area contributed by atoms with Crippen molar-refractivity contribution in [3.05, 3.63) is 29.8 Å². The minimum atomic E-state index is -0.940. The maximum absolute atomic E-state index is 11.1. The quantitative estimate of drug-likeness (QED) is 0.709. The highest BCUT2D eigenvalue weighted by Crippen LogP contribution is 2.27. The Balaban J connectivity index is 1.77. The summed E-state index contributed by atoms with van der Waals surface area (Å²) in [6, 6.07) is 7.58. The van der Waals surface area contributed by atoms with E-state index in [1.807, 2.05) is 0 Å². The first kappa shape index (κ1) is 15.8. The largest absolute Gasteiger partial charge is 0.493 e. The number of ether oxygens (including phenoxy) is 1. The number of benzene rings is 1. The molecule has 0 amide bonds. The zero-order valence-electron chi connectivity index (χ0n) is 12.9. The van der Waals surface area contributed by atoms with Crippen LogP contribution >= 0.6 is 0 Å². The SMILES string of the molecule is CC(C)CN(CCCOc1ccccc1C(=O)O)C1CC1. The molecule has 0 bridgehead atoms. The molecule has 116 valence electrons. The lowest BCUT2D eigenvalue weighted by molar-refractivity contribution is 0.0692. The van der Waals surface area contributed by atoms with E-state index in [9.17, 15) is 4.79 Å². The average Bonchev–Trinajstić information content (AvgIpc) is 3.26. The van der Waals surface area contributed by atoms with Crippen LogP contribution in [0.3, 0.4) is 0 Å². The van der Waals surface area contributed by atoms with Crippen molar-refractivity contribution < 1.29 is 14.6 Å². The molecule has 0 aromatic heterocycles. The molecule has 0 atom stereocenters. The van der Waals surface area contributed by atoms with Crippen molar-refractivity contribution in [1.29, 1.82) is 0 Å². The van der Waals surface area contributed by atoms with Gasteiger partial charge in [-0.15, -0.1) is 0 Å². The normalized spacial score (nSPS) is 14.7. The van der Waals surface area contributed by atoms with E-state index in [2.05, 4.69) is 18.7 Å². The Hall–Kier alpha value is -1.55. The number of aromatic carboxylic acids is 1. The van der Waals surface area contributed by atoms with Gasteiger partial charge in [0.05, 0.1) is 6.61 Å². The molecule has 1 aliphatic carbocycles. The number of hydrogen-bond donors (Lipinski definition) is 1. The molecule has 1 aromatic rings. The highest BCUT2D eigenvalue weighted by atomic mass is 16.5. The van der Waals surface area contributed by atoms with Gasteiger partial charge in [0.2, 0.25) is 0 Å². The van der Waals surface area contributed by atoms with E-state index in [1.54, 1.807) is 24.3 Å². The van der Waals surface area contributed by atoms with Crippen LogP contribution in [-0.2, 0) is 0 Å². The van der Waals surface area contributed by atoms with E-state index in [-0.39, 0.29) is 5.56 Å². The van der Waals surface area contributed by atoms with Gasteiger partial charge in [-0.3, -0.25) is 0 Å². The molecule has 1 N–H and O–H groups in total. The molecule has 0 radical (unpaired) electrons. The molecule has 1 aromatic carbocycles. The van der Waals surface area contributed by atoms with Gasteiger partial charge in [-0.1, -0.05) is 26.0 Å². The van der Waals surface area contributed by atoms with Crippen molar-refractivity contribution >= 4 is 5.97 Å². The highest BCUT2D eigenvalue weighted by molar-refractivity contribution is 5.90. The number of carboxylic acids is 1. The van der Waals surface area contributed by atoms with Crippen LogP contribution in [0.1, 0.15) is 43.5 Å². The summed E-state index contributed by atoms with van der Waals surface area (Å²) >= 11 is 0. The Kier molecular flexibility index (Phi) is 5.62. The second kappa shape index (κ2) is 7.46. The molecule has 4 nitrogen and oxygen atoms in total. The summed E-state index contributed by atoms with van der Waals surface area (Å²) in [6.07, 6.45) is 3.56. The molecule has 1 aliphatic rings. The fourth-order valence-corrected chi connectivity index (χ4v) is 2.55. The summed E-state index contributed by atoms with van der Waals surface area (Å²) in [5.74, 6) is 0.205. The summed E-state index contributed by atoms with van der Waals surface area (Å²) in [4.78, 5) is 13.6. The maximum Gasteiger partial charge on any atom is 0.339 e. The van der Waals surface area contributed by atoms with Gasteiger partial charge in [0.15, 0.2) is 0 Å². The smallest absolute Gasteiger partial charge is 0.339 e. The van der Waals surface area contributed by atoms with Crippen LogP contribution in [0.5, 0.6) is 5.75 Å². The Morgan fingerprint density at radius 3 is 2.71 bits per heavy atom. The number of hydrogen-bond acceptors (Lipinski definition) is 3. The van der Waals surface area contributed by atoms with Crippen LogP contribution in [0.2, 0.25) is 0 Å². The van der Waals surface area contributed by atoms with E-state index in [4.69, 9.17) is 9.84 Å². The van der Waals surface area contributed by atoms with Crippen molar-refractivity contribution in [2.45, 2.75) is 39.2 Å². The molecule has 1 saturated carbocycles. The van der Waals surface area contributed by atoms with Crippen molar-refractivity contribution in [2.24, 2.45) is 5.92 Å². The molecular weight excluding hydrogens is 266 g/mol. The fraction of sp³-hybridized carbons (Fsp3) is 0.588. The lowest BCUT2D eigenvalue weighted by Gasteiger charge is -2.24. The Bertz CT molecular complexity index is 469. The minimum Gasteiger partial charge on any atom is -0.493 e. The summed E-state index contributed by atoms with van der Waals surface area (Å²) in [5, 5.41) is 9.10. The highest BCUT2D eigenvalue weighted by Gasteiger charge is 2.28. The fourth-order valence-electron chi connectivity index (χ4n) is 2.55. The van der Waals surface area contributed by atoms with E-state index < -0.39 is 5.97 Å². The van der Waals surface area contributed by atoms with Crippen LogP contribution in [0.15, 0.2) is 24.3 Å². The van der Waals surface area contributed by atoms with Gasteiger partial charge in [-0.2, -0.15) is 0 Å². The Morgan fingerprint density at radius 1 is 1.38 bits per heavy atom. The zero-order valence-corrected chi connectivity index (χ0v) is 12.9. The molecule has 0 heterocycles. The molecule has 2 rings (SSSR count). The van der Waals surface area contributed by atoms with Crippen LogP contribution in [0.4, 0.5) is 0 Å². The summed E-state index contributed by atoms with van der Waals surface area (Å²) in [6.45, 7) is 7.21. The number of carbonyl (C=O) groups is 1. The Morgan fingerprint density at radius 2 is 2.10 bits per heavy atom. The number of nitrogens with zero attached hydrogens (tertiary/aromatic N) is 1. The van der Waals surface area contributed by atoms with Crippen molar-refractivity contribution in [3.8, 4) is 5.75 Å². The third-order valence-electron chi connectivity index (χ3n) is 3.63. The van der Waals surface area contributed by atoms with Gasteiger partial charge >= 0.3 is 5.97 Å². The molecular formula is C17H25NO3. The van der Waals surface area contributed by atoms with Gasteiger partial charge in [-0.05, 0) is 37.3 Å². The third-order valence-corrected chi connectivity index (χ3v) is 3.63. The van der Waals surface area contributed by atoms with E-state index >= 15 is 0 Å². The maximum atomic E-state index is 11.1. The van der Waals surface area contributed by atoms with E-state index in [0.717, 1.165) is 25.6 Å². The predicted molar refractivity (Wildman–Crippen MR) is 82.9 cm³/mol. The van der Waals surface area contributed by atoms with Crippen LogP contribution in [0, 0.1) is 5.92 Å². The topological polar surface area (TPSA) is 49.8 Å². The number of carboxylic acid groups (broad SMARTS) is 1. The second-order valence-electron chi connectivity index (χ2n) is 6.12. The number of para-hydroxylation sites is 1. The molecule has 1 fully saturated rings. The lowest BCUT2D eigenvalue weighted by Crippen LogP contribution is -2.31. The molecule has 4 heteroatoms. The lowest BCUT2D eigenvalue weighted by atomic mass is 10.2. The molecule has 0 unspecified atom stereocenters. The summed E-state index contributed by atoms with van der Waals surface area (Å²) < 4.78 is 5.65. The Labute approximate surface area is 126 Å². The van der Waals surface area contributed by atoms with Gasteiger partial charge < -0.3 is 14.7 Å². The van der Waals surface area contributed by atoms with Crippen molar-refractivity contribution in [2.75, 3.05) is 19.7 Å². The van der Waals surface area contributed by atoms with Crippen LogP contribution in [-0.4, -0.2) is 41.7 Å². The van der Waals surface area contributed by atoms with Gasteiger partial charge in [0.25, 0.3) is 0 Å². The zero-order chi connectivity index (χ0) is 15.2. The van der Waals surface area contributed by atoms with E-state index in [1.165, 1.54) is 12.8 Å². The summed E-state index contributed by atoms with van der Waals surface area (Å²) in [7, 11) is 0. The molecule has 0 saturated heterocycles. The van der Waals surface area contributed by atoms with E-state index in [0.29, 0.717) is 18.3 Å². The molecule has 0 aliphatic heterocycles. The third kappa shape index (κ3) is 5.05. The first-order chi connectivity index (χ1) is 10.1. The minimum absolute atomic E-state index is 0.235. The first-order valence-corrected chi connectivity index (χ1v) is 7.77. The van der Waals surface area contributed by atoms with Gasteiger partial charge in [0.1, 0.15) is 11.3 Å². The molecule has 0 spiro atoms. The van der Waals surface area contributed by atoms with Gasteiger partial charge in [-0.25, -0.2) is 4.79 Å². The molecule has 21 heavy (non-hydrogen) atoms. The second-order valence-corrected chi connectivity index (χ2v) is 6.12. The first-order valence-electron chi connectivity index (χ1n) is 7.77. The van der Waals surface area contributed by atoms with Crippen LogP contribution < -0.4 is 4.74 Å². The van der Waals surface area contributed by atoms with Crippen LogP contribution in [0.25, 0.3) is 0 Å². The monoisotopic (exact) mass is 291 g/mol. The standard InChI is InChI=1S/C17H25NO3/c1-13(2)12-18(14-8-9-14)10-5-11-21-16-7-4-3-6-15(16)17(19)20/h3-4,6-7,13-14H,5,8-12H2,1-2H3,(H,19,20). The van der Waals surface area contributed by atoms with Crippen molar-refractivity contribution in [3.63, 3.8) is 0 Å². The number of rotatable bonds is 9. The predicted octanol–water partition coefficient (Wildman–Crippen LogP) is 3.27. The van der Waals surface area contributed by atoms with Gasteiger partial charge in [0, 0.05) is 19.1 Å². The average molecular weight is 291 g/mol.